The average molecular weight is 276 g/mol. The fourth-order valence-corrected chi connectivity index (χ4v) is 2.40. The van der Waals surface area contributed by atoms with E-state index in [0.717, 1.165) is 11.1 Å². The molecule has 20 heavy (non-hydrogen) atoms. The Kier molecular flexibility index (Phi) is 4.74. The van der Waals surface area contributed by atoms with Gasteiger partial charge in [-0.25, -0.2) is 0 Å². The van der Waals surface area contributed by atoms with Crippen LogP contribution in [-0.2, 0) is 4.79 Å². The van der Waals surface area contributed by atoms with Gasteiger partial charge in [0.15, 0.2) is 0 Å². The third-order valence-corrected chi connectivity index (χ3v) is 3.62. The highest BCUT2D eigenvalue weighted by atomic mass is 16.3. The average Bonchev–Trinajstić information content (AvgIpc) is 2.47. The summed E-state index contributed by atoms with van der Waals surface area (Å²) in [7, 11) is 0. The Labute approximate surface area is 118 Å². The Morgan fingerprint density at radius 2 is 1.70 bits per heavy atom. The zero-order valence-corrected chi connectivity index (χ0v) is 11.7. The number of hydrogen-bond acceptors (Lipinski definition) is 3. The summed E-state index contributed by atoms with van der Waals surface area (Å²) < 4.78 is 0. The third kappa shape index (κ3) is 3.17. The molecule has 1 aliphatic heterocycles. The number of benzene rings is 1. The van der Waals surface area contributed by atoms with Gasteiger partial charge in [-0.1, -0.05) is 18.2 Å². The predicted octanol–water partition coefficient (Wildman–Crippen LogP) is 0.662. The van der Waals surface area contributed by atoms with Gasteiger partial charge in [-0.2, -0.15) is 0 Å². The van der Waals surface area contributed by atoms with E-state index < -0.39 is 0 Å². The standard InChI is InChI=1S/C15H20N2O3/c1-12-4-2-3-5-13(12)15(20)17-9-7-16(8-10-17)14(19)6-11-18/h2-5,18H,6-11H2,1H3. The first-order chi connectivity index (χ1) is 9.63. The van der Waals surface area contributed by atoms with Gasteiger partial charge >= 0.3 is 0 Å². The van der Waals surface area contributed by atoms with Crippen molar-refractivity contribution in [3.8, 4) is 0 Å². The van der Waals surface area contributed by atoms with E-state index in [2.05, 4.69) is 0 Å². The minimum atomic E-state index is -0.124. The van der Waals surface area contributed by atoms with Crippen LogP contribution in [0.25, 0.3) is 0 Å². The first kappa shape index (κ1) is 14.5. The van der Waals surface area contributed by atoms with Gasteiger partial charge in [0.2, 0.25) is 5.91 Å². The summed E-state index contributed by atoms with van der Waals surface area (Å²) in [5.74, 6) is -0.0205. The van der Waals surface area contributed by atoms with E-state index in [0.29, 0.717) is 26.2 Å². The normalized spacial score (nSPS) is 15.3. The fraction of sp³-hybridized carbons (Fsp3) is 0.467. The largest absolute Gasteiger partial charge is 0.396 e. The molecule has 0 aromatic heterocycles. The lowest BCUT2D eigenvalue weighted by molar-refractivity contribution is -0.133. The summed E-state index contributed by atoms with van der Waals surface area (Å²) in [6.07, 6.45) is 0.158. The number of aliphatic hydroxyl groups is 1. The van der Waals surface area contributed by atoms with E-state index in [1.54, 1.807) is 9.80 Å². The van der Waals surface area contributed by atoms with Crippen molar-refractivity contribution in [3.05, 3.63) is 35.4 Å². The summed E-state index contributed by atoms with van der Waals surface area (Å²) in [4.78, 5) is 27.6. The Bertz CT molecular complexity index is 494. The van der Waals surface area contributed by atoms with E-state index in [1.807, 2.05) is 31.2 Å². The number of carbonyl (C=O) groups excluding carboxylic acids is 2. The van der Waals surface area contributed by atoms with Crippen molar-refractivity contribution in [2.45, 2.75) is 13.3 Å². The highest BCUT2D eigenvalue weighted by Crippen LogP contribution is 2.13. The molecule has 1 heterocycles. The van der Waals surface area contributed by atoms with Crippen LogP contribution < -0.4 is 0 Å². The van der Waals surface area contributed by atoms with Gasteiger partial charge in [0.1, 0.15) is 0 Å². The first-order valence-electron chi connectivity index (χ1n) is 6.87. The second-order valence-corrected chi connectivity index (χ2v) is 4.96. The van der Waals surface area contributed by atoms with Gasteiger partial charge in [-0.3, -0.25) is 9.59 Å². The van der Waals surface area contributed by atoms with Gasteiger partial charge in [0.05, 0.1) is 6.61 Å². The molecule has 0 atom stereocenters. The number of amides is 2. The molecule has 5 nitrogen and oxygen atoms in total. The Morgan fingerprint density at radius 1 is 1.10 bits per heavy atom. The van der Waals surface area contributed by atoms with Crippen molar-refractivity contribution >= 4 is 11.8 Å². The van der Waals surface area contributed by atoms with Crippen LogP contribution in [0.15, 0.2) is 24.3 Å². The van der Waals surface area contributed by atoms with E-state index in [9.17, 15) is 9.59 Å². The second kappa shape index (κ2) is 6.52. The Hall–Kier alpha value is -1.88. The molecule has 1 aromatic carbocycles. The maximum Gasteiger partial charge on any atom is 0.254 e. The molecule has 1 fully saturated rings. The molecule has 1 aliphatic rings. The van der Waals surface area contributed by atoms with E-state index in [-0.39, 0.29) is 24.8 Å². The summed E-state index contributed by atoms with van der Waals surface area (Å²) in [5.41, 5.74) is 1.69. The molecule has 1 N–H and O–H groups in total. The molecule has 1 aromatic rings. The first-order valence-corrected chi connectivity index (χ1v) is 6.87. The number of hydrogen-bond donors (Lipinski definition) is 1. The third-order valence-electron chi connectivity index (χ3n) is 3.62. The molecule has 1 saturated heterocycles. The predicted molar refractivity (Wildman–Crippen MR) is 75.4 cm³/mol. The molecule has 0 bridgehead atoms. The van der Waals surface area contributed by atoms with Crippen molar-refractivity contribution in [1.29, 1.82) is 0 Å². The van der Waals surface area contributed by atoms with Gasteiger partial charge < -0.3 is 14.9 Å². The zero-order chi connectivity index (χ0) is 14.5. The van der Waals surface area contributed by atoms with Gasteiger partial charge in [-0.15, -0.1) is 0 Å². The van der Waals surface area contributed by atoms with Crippen LogP contribution in [0, 0.1) is 6.92 Å². The number of aliphatic hydroxyl groups excluding tert-OH is 1. The molecule has 0 saturated carbocycles. The molecular formula is C15H20N2O3. The maximum absolute atomic E-state index is 12.4. The molecule has 108 valence electrons. The molecule has 0 spiro atoms. The van der Waals surface area contributed by atoms with E-state index in [1.165, 1.54) is 0 Å². The van der Waals surface area contributed by atoms with E-state index >= 15 is 0 Å². The fourth-order valence-electron chi connectivity index (χ4n) is 2.40. The zero-order valence-electron chi connectivity index (χ0n) is 11.7. The van der Waals surface area contributed by atoms with Crippen molar-refractivity contribution < 1.29 is 14.7 Å². The van der Waals surface area contributed by atoms with Crippen molar-refractivity contribution in [3.63, 3.8) is 0 Å². The molecular weight excluding hydrogens is 256 g/mol. The topological polar surface area (TPSA) is 60.9 Å². The van der Waals surface area contributed by atoms with Crippen LogP contribution in [0.4, 0.5) is 0 Å². The molecule has 0 unspecified atom stereocenters. The van der Waals surface area contributed by atoms with Gasteiger partial charge in [0.25, 0.3) is 5.91 Å². The molecule has 5 heteroatoms. The molecule has 0 aliphatic carbocycles. The molecule has 2 amide bonds. The Morgan fingerprint density at radius 3 is 2.30 bits per heavy atom. The highest BCUT2D eigenvalue weighted by molar-refractivity contribution is 5.95. The molecule has 2 rings (SSSR count). The van der Waals surface area contributed by atoms with E-state index in [4.69, 9.17) is 5.11 Å². The van der Waals surface area contributed by atoms with Gasteiger partial charge in [0, 0.05) is 38.2 Å². The minimum absolute atomic E-state index is 0.0253. The monoisotopic (exact) mass is 276 g/mol. The quantitative estimate of drug-likeness (QED) is 0.882. The SMILES string of the molecule is Cc1ccccc1C(=O)N1CCN(C(=O)CCO)CC1. The summed E-state index contributed by atoms with van der Waals surface area (Å²) in [6.45, 7) is 3.97. The summed E-state index contributed by atoms with van der Waals surface area (Å²) in [5, 5.41) is 8.77. The number of piperazine rings is 1. The lowest BCUT2D eigenvalue weighted by Crippen LogP contribution is -2.50. The lowest BCUT2D eigenvalue weighted by atomic mass is 10.1. The van der Waals surface area contributed by atoms with Crippen LogP contribution in [-0.4, -0.2) is 59.5 Å². The van der Waals surface area contributed by atoms with Crippen molar-refractivity contribution in [1.82, 2.24) is 9.80 Å². The van der Waals surface area contributed by atoms with Crippen LogP contribution in [0.1, 0.15) is 22.3 Å². The van der Waals surface area contributed by atoms with Gasteiger partial charge in [-0.05, 0) is 18.6 Å². The number of nitrogens with zero attached hydrogens (tertiary/aromatic N) is 2. The van der Waals surface area contributed by atoms with Crippen LogP contribution in [0.3, 0.4) is 0 Å². The smallest absolute Gasteiger partial charge is 0.254 e. The number of aryl methyl sites for hydroxylation is 1. The van der Waals surface area contributed by atoms with Crippen LogP contribution >= 0.6 is 0 Å². The van der Waals surface area contributed by atoms with Crippen molar-refractivity contribution in [2.75, 3.05) is 32.8 Å². The number of rotatable bonds is 3. The van der Waals surface area contributed by atoms with Crippen molar-refractivity contribution in [2.24, 2.45) is 0 Å². The molecule has 0 radical (unpaired) electrons. The summed E-state index contributed by atoms with van der Waals surface area (Å²) >= 11 is 0. The Balaban J connectivity index is 1.96. The maximum atomic E-state index is 12.4. The lowest BCUT2D eigenvalue weighted by Gasteiger charge is -2.35. The summed E-state index contributed by atoms with van der Waals surface area (Å²) in [6, 6.07) is 7.54. The highest BCUT2D eigenvalue weighted by Gasteiger charge is 2.24. The minimum Gasteiger partial charge on any atom is -0.396 e. The number of carbonyl (C=O) groups is 2. The van der Waals surface area contributed by atoms with Crippen LogP contribution in [0.2, 0.25) is 0 Å². The van der Waals surface area contributed by atoms with Crippen LogP contribution in [0.5, 0.6) is 0 Å². The second-order valence-electron chi connectivity index (χ2n) is 4.96.